The summed E-state index contributed by atoms with van der Waals surface area (Å²) >= 11 is 1.72. The number of thioether (sulfide) groups is 1. The minimum absolute atomic E-state index is 0.0979. The molecule has 1 saturated heterocycles. The van der Waals surface area contributed by atoms with Crippen molar-refractivity contribution < 1.29 is 19.4 Å². The molecule has 6 heteroatoms. The number of hydrogen-bond donors (Lipinski definition) is 1. The largest absolute Gasteiger partial charge is 0.479 e. The van der Waals surface area contributed by atoms with Gasteiger partial charge in [-0.1, -0.05) is 12.1 Å². The number of nitrogens with zero attached hydrogens (tertiary/aromatic N) is 1. The van der Waals surface area contributed by atoms with Crippen LogP contribution in [0, 0.1) is 0 Å². The highest BCUT2D eigenvalue weighted by Crippen LogP contribution is 2.14. The number of aliphatic carboxylic acids is 1. The van der Waals surface area contributed by atoms with Gasteiger partial charge in [0.1, 0.15) is 0 Å². The molecule has 1 N–H and O–H groups in total. The van der Waals surface area contributed by atoms with Gasteiger partial charge >= 0.3 is 5.97 Å². The van der Waals surface area contributed by atoms with Crippen LogP contribution in [0.1, 0.15) is 15.9 Å². The fourth-order valence-electron chi connectivity index (χ4n) is 2.08. The summed E-state index contributed by atoms with van der Waals surface area (Å²) < 4.78 is 5.11. The van der Waals surface area contributed by atoms with Crippen LogP contribution in [0.25, 0.3) is 0 Å². The first-order chi connectivity index (χ1) is 9.61. The topological polar surface area (TPSA) is 66.8 Å². The Labute approximate surface area is 121 Å². The van der Waals surface area contributed by atoms with E-state index in [-0.39, 0.29) is 19.1 Å². The summed E-state index contributed by atoms with van der Waals surface area (Å²) in [5.41, 5.74) is 1.75. The fraction of sp³-hybridized carbons (Fsp3) is 0.429. The van der Waals surface area contributed by atoms with Crippen molar-refractivity contribution >= 4 is 23.6 Å². The van der Waals surface area contributed by atoms with E-state index in [0.29, 0.717) is 12.1 Å². The van der Waals surface area contributed by atoms with Gasteiger partial charge in [-0.2, -0.15) is 11.8 Å². The maximum atomic E-state index is 12.3. The highest BCUT2D eigenvalue weighted by atomic mass is 32.2. The quantitative estimate of drug-likeness (QED) is 0.911. The van der Waals surface area contributed by atoms with Crippen molar-refractivity contribution in [1.82, 2.24) is 4.90 Å². The lowest BCUT2D eigenvalue weighted by molar-refractivity contribution is -0.154. The molecule has 108 valence electrons. The molecular weight excluding hydrogens is 278 g/mol. The zero-order valence-electron chi connectivity index (χ0n) is 11.2. The van der Waals surface area contributed by atoms with Crippen LogP contribution in [0.2, 0.25) is 0 Å². The summed E-state index contributed by atoms with van der Waals surface area (Å²) in [6, 6.07) is 7.44. The second kappa shape index (κ2) is 6.76. The van der Waals surface area contributed by atoms with E-state index in [0.717, 1.165) is 5.75 Å². The van der Waals surface area contributed by atoms with Gasteiger partial charge in [-0.15, -0.1) is 0 Å². The second-order valence-electron chi connectivity index (χ2n) is 4.58. The minimum atomic E-state index is -1.03. The average molecular weight is 295 g/mol. The molecule has 0 aliphatic carbocycles. The normalized spacial score (nSPS) is 18.9. The van der Waals surface area contributed by atoms with Crippen LogP contribution in [-0.2, 0) is 15.3 Å². The SMILES string of the molecule is CSCc1ccc(C(=O)N2CCO[C@H](C(=O)O)C2)cc1. The molecule has 0 saturated carbocycles. The fourth-order valence-corrected chi connectivity index (χ4v) is 2.60. The lowest BCUT2D eigenvalue weighted by atomic mass is 10.1. The van der Waals surface area contributed by atoms with Crippen LogP contribution in [0.15, 0.2) is 24.3 Å². The summed E-state index contributed by atoms with van der Waals surface area (Å²) in [7, 11) is 0. The summed E-state index contributed by atoms with van der Waals surface area (Å²) in [4.78, 5) is 24.8. The van der Waals surface area contributed by atoms with Gasteiger partial charge in [-0.3, -0.25) is 4.79 Å². The number of amides is 1. The van der Waals surface area contributed by atoms with E-state index in [1.807, 2.05) is 18.4 Å². The predicted octanol–water partition coefficient (Wildman–Crippen LogP) is 1.48. The molecule has 0 aromatic heterocycles. The van der Waals surface area contributed by atoms with Gasteiger partial charge in [0.05, 0.1) is 13.2 Å². The molecule has 1 heterocycles. The number of hydrogen-bond acceptors (Lipinski definition) is 4. The molecule has 1 amide bonds. The van der Waals surface area contributed by atoms with Crippen molar-refractivity contribution in [3.8, 4) is 0 Å². The van der Waals surface area contributed by atoms with E-state index >= 15 is 0 Å². The van der Waals surface area contributed by atoms with Crippen LogP contribution in [0.3, 0.4) is 0 Å². The highest BCUT2D eigenvalue weighted by molar-refractivity contribution is 7.97. The van der Waals surface area contributed by atoms with Crippen molar-refractivity contribution in [1.29, 1.82) is 0 Å². The molecule has 1 aromatic carbocycles. The number of carbonyl (C=O) groups excluding carboxylic acids is 1. The standard InChI is InChI=1S/C14H17NO4S/c1-20-9-10-2-4-11(5-3-10)13(16)15-6-7-19-12(8-15)14(17)18/h2-5,12H,6-9H2,1H3,(H,17,18)/t12-/m0/s1. The molecule has 1 atom stereocenters. The molecule has 0 spiro atoms. The van der Waals surface area contributed by atoms with Crippen LogP contribution >= 0.6 is 11.8 Å². The van der Waals surface area contributed by atoms with Crippen molar-refractivity contribution in [3.63, 3.8) is 0 Å². The van der Waals surface area contributed by atoms with Gasteiger partial charge in [0.25, 0.3) is 5.91 Å². The molecule has 1 fully saturated rings. The number of carboxylic acids is 1. The Bertz CT molecular complexity index is 488. The summed E-state index contributed by atoms with van der Waals surface area (Å²) in [6.07, 6.45) is 1.10. The van der Waals surface area contributed by atoms with E-state index in [1.165, 1.54) is 10.5 Å². The third-order valence-electron chi connectivity index (χ3n) is 3.14. The minimum Gasteiger partial charge on any atom is -0.479 e. The summed E-state index contributed by atoms with van der Waals surface area (Å²) in [5.74, 6) is -0.263. The van der Waals surface area contributed by atoms with Crippen molar-refractivity contribution in [2.45, 2.75) is 11.9 Å². The first-order valence-corrected chi connectivity index (χ1v) is 7.72. The summed E-state index contributed by atoms with van der Waals surface area (Å²) in [6.45, 7) is 0.781. The molecule has 1 aliphatic heterocycles. The van der Waals surface area contributed by atoms with E-state index in [4.69, 9.17) is 9.84 Å². The monoisotopic (exact) mass is 295 g/mol. The van der Waals surface area contributed by atoms with Crippen molar-refractivity contribution in [2.75, 3.05) is 26.0 Å². The first-order valence-electron chi connectivity index (χ1n) is 6.33. The Morgan fingerprint density at radius 2 is 2.10 bits per heavy atom. The number of morpholine rings is 1. The van der Waals surface area contributed by atoms with Crippen molar-refractivity contribution in [3.05, 3.63) is 35.4 Å². The third-order valence-corrected chi connectivity index (χ3v) is 3.76. The number of carboxylic acid groups (broad SMARTS) is 1. The Kier molecular flexibility index (Phi) is 5.03. The first kappa shape index (κ1) is 14.9. The Balaban J connectivity index is 2.04. The highest BCUT2D eigenvalue weighted by Gasteiger charge is 2.29. The smallest absolute Gasteiger partial charge is 0.334 e. The molecule has 1 aromatic rings. The lowest BCUT2D eigenvalue weighted by Crippen LogP contribution is -2.48. The summed E-state index contributed by atoms with van der Waals surface area (Å²) in [5, 5.41) is 8.94. The number of carbonyl (C=O) groups is 2. The second-order valence-corrected chi connectivity index (χ2v) is 5.44. The molecule has 2 rings (SSSR count). The van der Waals surface area contributed by atoms with Gasteiger partial charge in [0.2, 0.25) is 0 Å². The molecule has 1 aliphatic rings. The molecule has 0 unspecified atom stereocenters. The van der Waals surface area contributed by atoms with Crippen LogP contribution in [0.4, 0.5) is 0 Å². The Morgan fingerprint density at radius 1 is 1.40 bits per heavy atom. The van der Waals surface area contributed by atoms with E-state index in [9.17, 15) is 9.59 Å². The molecule has 5 nitrogen and oxygen atoms in total. The zero-order valence-corrected chi connectivity index (χ0v) is 12.1. The van der Waals surface area contributed by atoms with Gasteiger partial charge in [0, 0.05) is 17.9 Å². The zero-order chi connectivity index (χ0) is 14.5. The molecular formula is C14H17NO4S. The molecule has 0 bridgehead atoms. The van der Waals surface area contributed by atoms with Crippen molar-refractivity contribution in [2.24, 2.45) is 0 Å². The maximum Gasteiger partial charge on any atom is 0.334 e. The van der Waals surface area contributed by atoms with Gasteiger partial charge in [-0.25, -0.2) is 4.79 Å². The van der Waals surface area contributed by atoms with E-state index in [2.05, 4.69) is 0 Å². The van der Waals surface area contributed by atoms with Crippen LogP contribution in [0.5, 0.6) is 0 Å². The predicted molar refractivity (Wildman–Crippen MR) is 76.9 cm³/mol. The Morgan fingerprint density at radius 3 is 2.70 bits per heavy atom. The number of rotatable bonds is 4. The molecule has 20 heavy (non-hydrogen) atoms. The lowest BCUT2D eigenvalue weighted by Gasteiger charge is -2.30. The number of ether oxygens (including phenoxy) is 1. The van der Waals surface area contributed by atoms with Crippen LogP contribution in [-0.4, -0.2) is 53.9 Å². The number of benzene rings is 1. The average Bonchev–Trinajstić information content (AvgIpc) is 2.48. The van der Waals surface area contributed by atoms with Gasteiger partial charge in [-0.05, 0) is 24.0 Å². The third kappa shape index (κ3) is 3.52. The van der Waals surface area contributed by atoms with E-state index < -0.39 is 12.1 Å². The van der Waals surface area contributed by atoms with Crippen LogP contribution < -0.4 is 0 Å². The van der Waals surface area contributed by atoms with Gasteiger partial charge in [0.15, 0.2) is 6.10 Å². The van der Waals surface area contributed by atoms with Gasteiger partial charge < -0.3 is 14.7 Å². The maximum absolute atomic E-state index is 12.3. The Hall–Kier alpha value is -1.53. The molecule has 0 radical (unpaired) electrons. The van der Waals surface area contributed by atoms with E-state index in [1.54, 1.807) is 23.9 Å².